The first-order valence-corrected chi connectivity index (χ1v) is 5.53. The van der Waals surface area contributed by atoms with Gasteiger partial charge in [-0.05, 0) is 0 Å². The molecule has 8 N–H and O–H groups in total. The SMILES string of the molecule is OCCNC(NCCO)(NCCO)C(O)CO. The predicted octanol–water partition coefficient (Wildman–Crippen LogP) is -4.26. The monoisotopic (exact) mass is 253 g/mol. The van der Waals surface area contributed by atoms with Gasteiger partial charge in [0.05, 0.1) is 26.4 Å². The molecule has 0 aromatic carbocycles. The van der Waals surface area contributed by atoms with Crippen LogP contribution >= 0.6 is 0 Å². The van der Waals surface area contributed by atoms with Crippen LogP contribution in [0.2, 0.25) is 0 Å². The number of rotatable bonds is 11. The Morgan fingerprint density at radius 2 is 1.12 bits per heavy atom. The highest BCUT2D eigenvalue weighted by Gasteiger charge is 2.35. The molecule has 8 heteroatoms. The van der Waals surface area contributed by atoms with Crippen LogP contribution in [-0.4, -0.2) is 83.5 Å². The normalized spacial score (nSPS) is 13.9. The lowest BCUT2D eigenvalue weighted by Crippen LogP contribution is -2.74. The molecule has 0 spiro atoms. The number of hydrogen-bond acceptors (Lipinski definition) is 8. The van der Waals surface area contributed by atoms with E-state index in [1.54, 1.807) is 0 Å². The topological polar surface area (TPSA) is 137 Å². The molecule has 8 nitrogen and oxygen atoms in total. The van der Waals surface area contributed by atoms with Gasteiger partial charge in [-0.1, -0.05) is 0 Å². The van der Waals surface area contributed by atoms with E-state index in [0.717, 1.165) is 0 Å². The molecule has 104 valence electrons. The largest absolute Gasteiger partial charge is 0.395 e. The molecule has 0 aliphatic heterocycles. The van der Waals surface area contributed by atoms with Crippen molar-refractivity contribution < 1.29 is 25.5 Å². The van der Waals surface area contributed by atoms with Crippen molar-refractivity contribution in [1.29, 1.82) is 0 Å². The van der Waals surface area contributed by atoms with E-state index >= 15 is 0 Å². The Hall–Kier alpha value is -0.320. The van der Waals surface area contributed by atoms with Crippen LogP contribution in [0, 0.1) is 0 Å². The minimum atomic E-state index is -1.26. The zero-order valence-corrected chi connectivity index (χ0v) is 9.76. The fourth-order valence-corrected chi connectivity index (χ4v) is 1.44. The Morgan fingerprint density at radius 1 is 0.765 bits per heavy atom. The third kappa shape index (κ3) is 5.70. The van der Waals surface area contributed by atoms with Gasteiger partial charge in [0.25, 0.3) is 0 Å². The number of aliphatic hydroxyl groups is 5. The zero-order valence-electron chi connectivity index (χ0n) is 9.76. The number of hydrogen-bond donors (Lipinski definition) is 8. The highest BCUT2D eigenvalue weighted by molar-refractivity contribution is 4.90. The van der Waals surface area contributed by atoms with Gasteiger partial charge in [-0.15, -0.1) is 0 Å². The molecule has 0 bridgehead atoms. The van der Waals surface area contributed by atoms with E-state index in [1.165, 1.54) is 0 Å². The van der Waals surface area contributed by atoms with E-state index in [1.807, 2.05) is 0 Å². The van der Waals surface area contributed by atoms with Gasteiger partial charge in [-0.3, -0.25) is 16.0 Å². The first-order chi connectivity index (χ1) is 8.16. The average molecular weight is 253 g/mol. The first-order valence-electron chi connectivity index (χ1n) is 5.53. The average Bonchev–Trinajstić information content (AvgIpc) is 2.37. The van der Waals surface area contributed by atoms with Crippen LogP contribution in [0.5, 0.6) is 0 Å². The molecule has 0 heterocycles. The first kappa shape index (κ1) is 16.7. The highest BCUT2D eigenvalue weighted by Crippen LogP contribution is 2.03. The van der Waals surface area contributed by atoms with Crippen LogP contribution in [0.1, 0.15) is 0 Å². The Balaban J connectivity index is 4.63. The van der Waals surface area contributed by atoms with E-state index in [0.29, 0.717) is 0 Å². The van der Waals surface area contributed by atoms with E-state index in [-0.39, 0.29) is 39.5 Å². The van der Waals surface area contributed by atoms with Crippen molar-refractivity contribution in [3.05, 3.63) is 0 Å². The van der Waals surface area contributed by atoms with Gasteiger partial charge < -0.3 is 25.5 Å². The van der Waals surface area contributed by atoms with Crippen molar-refractivity contribution in [2.24, 2.45) is 0 Å². The van der Waals surface area contributed by atoms with Crippen LogP contribution in [0.4, 0.5) is 0 Å². The van der Waals surface area contributed by atoms with E-state index in [4.69, 9.17) is 20.4 Å². The molecule has 0 fully saturated rings. The van der Waals surface area contributed by atoms with Crippen LogP contribution in [-0.2, 0) is 0 Å². The van der Waals surface area contributed by atoms with Crippen LogP contribution in [0.3, 0.4) is 0 Å². The van der Waals surface area contributed by atoms with Crippen LogP contribution in [0.15, 0.2) is 0 Å². The van der Waals surface area contributed by atoms with Gasteiger partial charge in [-0.25, -0.2) is 0 Å². The molecule has 1 atom stereocenters. The van der Waals surface area contributed by atoms with Crippen molar-refractivity contribution in [1.82, 2.24) is 16.0 Å². The van der Waals surface area contributed by atoms with Gasteiger partial charge in [0.2, 0.25) is 0 Å². The van der Waals surface area contributed by atoms with Crippen molar-refractivity contribution >= 4 is 0 Å². The minimum absolute atomic E-state index is 0.151. The van der Waals surface area contributed by atoms with E-state index < -0.39 is 18.5 Å². The zero-order chi connectivity index (χ0) is 13.1. The minimum Gasteiger partial charge on any atom is -0.395 e. The maximum Gasteiger partial charge on any atom is 0.153 e. The molecule has 17 heavy (non-hydrogen) atoms. The van der Waals surface area contributed by atoms with E-state index in [9.17, 15) is 5.11 Å². The summed E-state index contributed by atoms with van der Waals surface area (Å²) in [6, 6.07) is 0. The van der Waals surface area contributed by atoms with Crippen molar-refractivity contribution in [2.75, 3.05) is 46.1 Å². The molecule has 0 amide bonds. The summed E-state index contributed by atoms with van der Waals surface area (Å²) in [5.41, 5.74) is 0. The Kier molecular flexibility index (Phi) is 9.50. The third-order valence-electron chi connectivity index (χ3n) is 2.22. The second kappa shape index (κ2) is 9.68. The second-order valence-corrected chi connectivity index (χ2v) is 3.46. The molecule has 0 saturated carbocycles. The molecular formula is C9H23N3O5. The molecule has 0 aromatic heterocycles. The fraction of sp³-hybridized carbons (Fsp3) is 1.00. The Bertz CT molecular complexity index is 162. The highest BCUT2D eigenvalue weighted by atomic mass is 16.3. The molecule has 0 radical (unpaired) electrons. The predicted molar refractivity (Wildman–Crippen MR) is 61.1 cm³/mol. The molecule has 0 rings (SSSR count). The van der Waals surface area contributed by atoms with Crippen LogP contribution < -0.4 is 16.0 Å². The summed E-state index contributed by atoms with van der Waals surface area (Å²) < 4.78 is 0. The van der Waals surface area contributed by atoms with Crippen molar-refractivity contribution in [2.45, 2.75) is 11.9 Å². The van der Waals surface area contributed by atoms with Gasteiger partial charge >= 0.3 is 0 Å². The summed E-state index contributed by atoms with van der Waals surface area (Å²) in [5, 5.41) is 53.5. The summed E-state index contributed by atoms with van der Waals surface area (Å²) in [5.74, 6) is -1.26. The summed E-state index contributed by atoms with van der Waals surface area (Å²) >= 11 is 0. The van der Waals surface area contributed by atoms with Crippen molar-refractivity contribution in [3.8, 4) is 0 Å². The van der Waals surface area contributed by atoms with Gasteiger partial charge in [0.15, 0.2) is 5.79 Å². The maximum atomic E-state index is 9.77. The molecule has 0 aliphatic carbocycles. The summed E-state index contributed by atoms with van der Waals surface area (Å²) in [6.45, 7) is -0.449. The number of aliphatic hydroxyl groups excluding tert-OH is 5. The molecule has 0 aromatic rings. The lowest BCUT2D eigenvalue weighted by atomic mass is 10.1. The van der Waals surface area contributed by atoms with Crippen molar-refractivity contribution in [3.63, 3.8) is 0 Å². The molecule has 1 unspecified atom stereocenters. The standard InChI is InChI=1S/C9H23N3O5/c13-4-1-10-9(8(17)7-16,11-2-5-14)12-3-6-15/h8,10-17H,1-7H2. The quantitative estimate of drug-likeness (QED) is 0.173. The van der Waals surface area contributed by atoms with Gasteiger partial charge in [0.1, 0.15) is 6.10 Å². The summed E-state index contributed by atoms with van der Waals surface area (Å²) in [4.78, 5) is 0. The Morgan fingerprint density at radius 3 is 1.35 bits per heavy atom. The molecule has 0 saturated heterocycles. The van der Waals surface area contributed by atoms with Gasteiger partial charge in [-0.2, -0.15) is 0 Å². The fourth-order valence-electron chi connectivity index (χ4n) is 1.44. The Labute approximate surface area is 100 Å². The lowest BCUT2D eigenvalue weighted by Gasteiger charge is -2.39. The second-order valence-electron chi connectivity index (χ2n) is 3.46. The maximum absolute atomic E-state index is 9.77. The molecular weight excluding hydrogens is 230 g/mol. The smallest absolute Gasteiger partial charge is 0.153 e. The third-order valence-corrected chi connectivity index (χ3v) is 2.22. The number of nitrogens with one attached hydrogen (secondary N) is 3. The van der Waals surface area contributed by atoms with Crippen LogP contribution in [0.25, 0.3) is 0 Å². The van der Waals surface area contributed by atoms with E-state index in [2.05, 4.69) is 16.0 Å². The lowest BCUT2D eigenvalue weighted by molar-refractivity contribution is -0.0280. The summed E-state index contributed by atoms with van der Waals surface area (Å²) in [7, 11) is 0. The molecule has 0 aliphatic rings. The van der Waals surface area contributed by atoms with Gasteiger partial charge in [0, 0.05) is 19.6 Å². The summed E-state index contributed by atoms with van der Waals surface area (Å²) in [6.07, 6.45) is -1.20.